The van der Waals surface area contributed by atoms with Crippen molar-refractivity contribution >= 4 is 15.9 Å². The lowest BCUT2D eigenvalue weighted by Crippen LogP contribution is -2.29. The minimum atomic E-state index is 0.239. The monoisotopic (exact) mass is 331 g/mol. The van der Waals surface area contributed by atoms with Gasteiger partial charge in [0, 0.05) is 24.0 Å². The first kappa shape index (κ1) is 13.7. The zero-order valence-electron chi connectivity index (χ0n) is 11.5. The van der Waals surface area contributed by atoms with E-state index in [-0.39, 0.29) is 6.10 Å². The van der Waals surface area contributed by atoms with Crippen molar-refractivity contribution in [3.8, 4) is 5.75 Å². The van der Waals surface area contributed by atoms with E-state index in [0.717, 1.165) is 29.7 Å². The van der Waals surface area contributed by atoms with Gasteiger partial charge in [-0.15, -0.1) is 0 Å². The summed E-state index contributed by atoms with van der Waals surface area (Å²) >= 11 is 3.50. The molecule has 0 fully saturated rings. The van der Waals surface area contributed by atoms with Gasteiger partial charge in [-0.1, -0.05) is 40.2 Å². The van der Waals surface area contributed by atoms with E-state index in [9.17, 15) is 0 Å². The molecule has 1 atom stereocenters. The molecular weight excluding hydrogens is 314 g/mol. The van der Waals surface area contributed by atoms with E-state index < -0.39 is 0 Å². The van der Waals surface area contributed by atoms with E-state index in [1.165, 1.54) is 16.7 Å². The van der Waals surface area contributed by atoms with E-state index in [1.54, 1.807) is 0 Å². The second kappa shape index (κ2) is 5.98. The summed E-state index contributed by atoms with van der Waals surface area (Å²) in [6.45, 7) is 3.92. The number of rotatable bonds is 4. The van der Waals surface area contributed by atoms with Crippen LogP contribution in [0.3, 0.4) is 0 Å². The summed E-state index contributed by atoms with van der Waals surface area (Å²) in [6, 6.07) is 14.7. The van der Waals surface area contributed by atoms with E-state index in [1.807, 2.05) is 12.1 Å². The fraction of sp³-hybridized carbons (Fsp3) is 0.294. The minimum absolute atomic E-state index is 0.239. The van der Waals surface area contributed by atoms with Gasteiger partial charge in [-0.3, -0.25) is 0 Å². The lowest BCUT2D eigenvalue weighted by atomic mass is 10.1. The number of nitrogens with one attached hydrogen (secondary N) is 1. The van der Waals surface area contributed by atoms with E-state index in [2.05, 4.69) is 58.5 Å². The van der Waals surface area contributed by atoms with Crippen molar-refractivity contribution in [2.75, 3.05) is 6.54 Å². The number of ether oxygens (including phenoxy) is 1. The summed E-state index contributed by atoms with van der Waals surface area (Å²) < 4.78 is 7.07. The average Bonchev–Trinajstić information content (AvgIpc) is 2.83. The summed E-state index contributed by atoms with van der Waals surface area (Å²) in [6.07, 6.45) is 1.22. The van der Waals surface area contributed by atoms with E-state index >= 15 is 0 Å². The second-order valence-corrected chi connectivity index (χ2v) is 6.17. The third-order valence-electron chi connectivity index (χ3n) is 3.71. The molecule has 104 valence electrons. The lowest BCUT2D eigenvalue weighted by molar-refractivity contribution is 0.227. The molecule has 0 amide bonds. The molecule has 0 spiro atoms. The normalized spacial score (nSPS) is 16.8. The smallest absolute Gasteiger partial charge is 0.123 e. The van der Waals surface area contributed by atoms with E-state index in [0.29, 0.717) is 0 Å². The summed E-state index contributed by atoms with van der Waals surface area (Å²) in [5.74, 6) is 1.02. The minimum Gasteiger partial charge on any atom is -0.488 e. The molecule has 0 aromatic heterocycles. The maximum Gasteiger partial charge on any atom is 0.123 e. The van der Waals surface area contributed by atoms with Crippen molar-refractivity contribution < 1.29 is 4.74 Å². The van der Waals surface area contributed by atoms with Crippen LogP contribution in [0.1, 0.15) is 16.7 Å². The first-order valence-corrected chi connectivity index (χ1v) is 7.72. The van der Waals surface area contributed by atoms with Gasteiger partial charge in [-0.2, -0.15) is 0 Å². The predicted octanol–water partition coefficient (Wildman–Crippen LogP) is 3.85. The van der Waals surface area contributed by atoms with Crippen LogP contribution in [-0.4, -0.2) is 12.6 Å². The maximum atomic E-state index is 5.95. The van der Waals surface area contributed by atoms with Crippen LogP contribution in [0.15, 0.2) is 46.9 Å². The summed E-state index contributed by atoms with van der Waals surface area (Å²) in [5, 5.41) is 3.50. The van der Waals surface area contributed by atoms with Crippen LogP contribution in [0.4, 0.5) is 0 Å². The van der Waals surface area contributed by atoms with Crippen molar-refractivity contribution in [2.45, 2.75) is 26.0 Å². The number of hydrogen-bond donors (Lipinski definition) is 1. The third kappa shape index (κ3) is 3.05. The Morgan fingerprint density at radius 2 is 2.10 bits per heavy atom. The molecule has 0 bridgehead atoms. The molecule has 0 aliphatic carbocycles. The zero-order valence-corrected chi connectivity index (χ0v) is 13.1. The molecule has 0 saturated heterocycles. The molecule has 1 unspecified atom stereocenters. The Hall–Kier alpha value is -1.32. The van der Waals surface area contributed by atoms with Gasteiger partial charge in [0.15, 0.2) is 0 Å². The first-order valence-electron chi connectivity index (χ1n) is 6.92. The number of benzene rings is 2. The second-order valence-electron chi connectivity index (χ2n) is 5.25. The van der Waals surface area contributed by atoms with Crippen molar-refractivity contribution in [2.24, 2.45) is 0 Å². The Kier molecular flexibility index (Phi) is 4.08. The van der Waals surface area contributed by atoms with Crippen LogP contribution in [0.2, 0.25) is 0 Å². The molecule has 2 nitrogen and oxygen atoms in total. The maximum absolute atomic E-state index is 5.95. The van der Waals surface area contributed by atoms with Crippen LogP contribution in [0, 0.1) is 6.92 Å². The van der Waals surface area contributed by atoms with Gasteiger partial charge in [0.25, 0.3) is 0 Å². The van der Waals surface area contributed by atoms with Gasteiger partial charge in [-0.25, -0.2) is 0 Å². The summed E-state index contributed by atoms with van der Waals surface area (Å²) in [4.78, 5) is 0. The highest BCUT2D eigenvalue weighted by atomic mass is 79.9. The molecule has 2 aromatic rings. The molecule has 3 rings (SSSR count). The average molecular weight is 332 g/mol. The Labute approximate surface area is 128 Å². The Morgan fingerprint density at radius 3 is 2.95 bits per heavy atom. The van der Waals surface area contributed by atoms with Gasteiger partial charge in [0.2, 0.25) is 0 Å². The van der Waals surface area contributed by atoms with Crippen molar-refractivity contribution in [1.82, 2.24) is 5.32 Å². The van der Waals surface area contributed by atoms with Gasteiger partial charge >= 0.3 is 0 Å². The largest absolute Gasteiger partial charge is 0.488 e. The Balaban J connectivity index is 1.53. The van der Waals surface area contributed by atoms with Crippen LogP contribution >= 0.6 is 15.9 Å². The van der Waals surface area contributed by atoms with E-state index in [4.69, 9.17) is 4.74 Å². The number of hydrogen-bond acceptors (Lipinski definition) is 2. The highest BCUT2D eigenvalue weighted by molar-refractivity contribution is 9.10. The van der Waals surface area contributed by atoms with Crippen LogP contribution in [0.5, 0.6) is 5.75 Å². The quantitative estimate of drug-likeness (QED) is 0.918. The summed E-state index contributed by atoms with van der Waals surface area (Å²) in [5.41, 5.74) is 3.98. The lowest BCUT2D eigenvalue weighted by Gasteiger charge is -2.12. The van der Waals surface area contributed by atoms with Gasteiger partial charge in [0.1, 0.15) is 11.9 Å². The fourth-order valence-electron chi connectivity index (χ4n) is 2.58. The first-order chi connectivity index (χ1) is 9.72. The molecule has 1 heterocycles. The van der Waals surface area contributed by atoms with Gasteiger partial charge in [-0.05, 0) is 41.8 Å². The molecule has 1 N–H and O–H groups in total. The topological polar surface area (TPSA) is 21.3 Å². The molecule has 1 aliphatic rings. The van der Waals surface area contributed by atoms with Crippen LogP contribution in [0.25, 0.3) is 0 Å². The van der Waals surface area contributed by atoms with Crippen LogP contribution in [-0.2, 0) is 13.0 Å². The third-order valence-corrected chi connectivity index (χ3v) is 4.21. The van der Waals surface area contributed by atoms with Crippen molar-refractivity contribution in [3.63, 3.8) is 0 Å². The molecular formula is C17H18BrNO. The SMILES string of the molecule is Cc1ccccc1CNCC1Cc2cc(Br)ccc2O1. The number of fused-ring (bicyclic) bond motifs is 1. The van der Waals surface area contributed by atoms with Crippen molar-refractivity contribution in [1.29, 1.82) is 0 Å². The Morgan fingerprint density at radius 1 is 1.25 bits per heavy atom. The highest BCUT2D eigenvalue weighted by Crippen LogP contribution is 2.30. The number of halogens is 1. The molecule has 0 saturated carbocycles. The van der Waals surface area contributed by atoms with Crippen LogP contribution < -0.4 is 10.1 Å². The summed E-state index contributed by atoms with van der Waals surface area (Å²) in [7, 11) is 0. The highest BCUT2D eigenvalue weighted by Gasteiger charge is 2.22. The van der Waals surface area contributed by atoms with Crippen molar-refractivity contribution in [3.05, 3.63) is 63.6 Å². The Bertz CT molecular complexity index is 612. The molecule has 3 heteroatoms. The molecule has 1 aliphatic heterocycles. The number of aryl methyl sites for hydroxylation is 1. The van der Waals surface area contributed by atoms with Gasteiger partial charge < -0.3 is 10.1 Å². The zero-order chi connectivity index (χ0) is 13.9. The molecule has 2 aromatic carbocycles. The molecule has 0 radical (unpaired) electrons. The fourth-order valence-corrected chi connectivity index (χ4v) is 2.99. The van der Waals surface area contributed by atoms with Gasteiger partial charge in [0.05, 0.1) is 0 Å². The predicted molar refractivity (Wildman–Crippen MR) is 85.1 cm³/mol. The molecule has 20 heavy (non-hydrogen) atoms. The standard InChI is InChI=1S/C17H18BrNO/c1-12-4-2-3-5-13(12)10-19-11-16-9-14-8-15(18)6-7-17(14)20-16/h2-8,16,19H,9-11H2,1H3.